The smallest absolute Gasteiger partial charge is 0.312 e. The molecule has 0 saturated carbocycles. The van der Waals surface area contributed by atoms with Gasteiger partial charge in [-0.2, -0.15) is 0 Å². The number of imidazole rings is 1. The molecule has 0 radical (unpaired) electrons. The van der Waals surface area contributed by atoms with E-state index in [1.807, 2.05) is 37.6 Å². The van der Waals surface area contributed by atoms with Gasteiger partial charge in [-0.1, -0.05) is 37.3 Å². The maximum absolute atomic E-state index is 12.1. The summed E-state index contributed by atoms with van der Waals surface area (Å²) in [6.07, 6.45) is 4.70. The summed E-state index contributed by atoms with van der Waals surface area (Å²) in [5.74, 6) is 0. The second kappa shape index (κ2) is 6.38. The Balaban J connectivity index is 2.17. The fourth-order valence-electron chi connectivity index (χ4n) is 2.25. The van der Waals surface area contributed by atoms with Gasteiger partial charge in [-0.25, -0.2) is 4.79 Å². The van der Waals surface area contributed by atoms with Gasteiger partial charge >= 0.3 is 5.69 Å². The van der Waals surface area contributed by atoms with Gasteiger partial charge in [-0.05, 0) is 19.0 Å². The molecule has 2 rings (SSSR count). The Labute approximate surface area is 113 Å². The van der Waals surface area contributed by atoms with E-state index in [9.17, 15) is 4.79 Å². The van der Waals surface area contributed by atoms with Gasteiger partial charge in [-0.15, -0.1) is 0 Å². The van der Waals surface area contributed by atoms with Crippen molar-refractivity contribution in [3.8, 4) is 0 Å². The molecule has 0 aliphatic rings. The Kier molecular flexibility index (Phi) is 4.58. The predicted octanol–water partition coefficient (Wildman–Crippen LogP) is 2.02. The lowest BCUT2D eigenvalue weighted by Gasteiger charge is -2.16. The molecule has 19 heavy (non-hydrogen) atoms. The number of nitrogens with one attached hydrogen (secondary N) is 1. The van der Waals surface area contributed by atoms with E-state index in [1.54, 1.807) is 9.13 Å². The van der Waals surface area contributed by atoms with Crippen LogP contribution in [0.3, 0.4) is 0 Å². The minimum absolute atomic E-state index is 0.0676. The average Bonchev–Trinajstić information content (AvgIpc) is 2.79. The summed E-state index contributed by atoms with van der Waals surface area (Å²) in [6.45, 7) is 3.50. The number of aryl methyl sites for hydroxylation is 1. The van der Waals surface area contributed by atoms with Crippen molar-refractivity contribution in [1.82, 2.24) is 14.5 Å². The first kappa shape index (κ1) is 13.6. The first-order chi connectivity index (χ1) is 9.26. The number of benzene rings is 1. The highest BCUT2D eigenvalue weighted by Crippen LogP contribution is 2.13. The molecule has 0 aliphatic heterocycles. The Morgan fingerprint density at radius 3 is 2.47 bits per heavy atom. The standard InChI is InChI=1S/C15H21N3O/c1-3-9-17-10-11-18(15(17)19)12-14(16-2)13-7-5-4-6-8-13/h4-8,10-11,14,16H,3,9,12H2,1-2H3. The van der Waals surface area contributed by atoms with E-state index in [4.69, 9.17) is 0 Å². The Bertz CT molecular complexity index is 556. The van der Waals surface area contributed by atoms with E-state index >= 15 is 0 Å². The molecule has 0 amide bonds. The number of aromatic nitrogens is 2. The molecule has 0 aliphatic carbocycles. The number of nitrogens with zero attached hydrogens (tertiary/aromatic N) is 2. The van der Waals surface area contributed by atoms with Crippen molar-refractivity contribution in [3.63, 3.8) is 0 Å². The van der Waals surface area contributed by atoms with E-state index in [1.165, 1.54) is 5.56 Å². The lowest BCUT2D eigenvalue weighted by Crippen LogP contribution is -2.29. The van der Waals surface area contributed by atoms with Crippen LogP contribution in [-0.2, 0) is 13.1 Å². The Morgan fingerprint density at radius 1 is 1.16 bits per heavy atom. The highest BCUT2D eigenvalue weighted by atomic mass is 16.1. The van der Waals surface area contributed by atoms with Crippen molar-refractivity contribution in [2.24, 2.45) is 0 Å². The molecule has 1 unspecified atom stereocenters. The normalized spacial score (nSPS) is 12.5. The molecule has 0 spiro atoms. The minimum Gasteiger partial charge on any atom is -0.312 e. The van der Waals surface area contributed by atoms with Gasteiger partial charge in [0.25, 0.3) is 0 Å². The molecule has 4 heteroatoms. The quantitative estimate of drug-likeness (QED) is 0.862. The third-order valence-corrected chi connectivity index (χ3v) is 3.31. The van der Waals surface area contributed by atoms with Gasteiger partial charge in [0, 0.05) is 25.5 Å². The van der Waals surface area contributed by atoms with Gasteiger partial charge in [0.15, 0.2) is 0 Å². The number of rotatable bonds is 6. The molecule has 1 aromatic heterocycles. The largest absolute Gasteiger partial charge is 0.328 e. The van der Waals surface area contributed by atoms with Crippen molar-refractivity contribution in [2.75, 3.05) is 7.05 Å². The SMILES string of the molecule is CCCn1ccn(CC(NC)c2ccccc2)c1=O. The zero-order valence-corrected chi connectivity index (χ0v) is 11.5. The van der Waals surface area contributed by atoms with E-state index in [-0.39, 0.29) is 11.7 Å². The van der Waals surface area contributed by atoms with Crippen LogP contribution in [0.2, 0.25) is 0 Å². The Hall–Kier alpha value is -1.81. The fourth-order valence-corrected chi connectivity index (χ4v) is 2.25. The molecule has 0 bridgehead atoms. The summed E-state index contributed by atoms with van der Waals surface area (Å²) < 4.78 is 3.53. The van der Waals surface area contributed by atoms with Crippen molar-refractivity contribution in [3.05, 3.63) is 58.8 Å². The molecule has 1 aromatic carbocycles. The van der Waals surface area contributed by atoms with Gasteiger partial charge in [0.2, 0.25) is 0 Å². The summed E-state index contributed by atoms with van der Waals surface area (Å²) in [7, 11) is 1.92. The summed E-state index contributed by atoms with van der Waals surface area (Å²) >= 11 is 0. The lowest BCUT2D eigenvalue weighted by molar-refractivity contribution is 0.482. The second-order valence-electron chi connectivity index (χ2n) is 4.68. The van der Waals surface area contributed by atoms with Crippen molar-refractivity contribution in [1.29, 1.82) is 0 Å². The van der Waals surface area contributed by atoms with Gasteiger partial charge in [0.05, 0.1) is 6.04 Å². The third-order valence-electron chi connectivity index (χ3n) is 3.31. The zero-order chi connectivity index (χ0) is 13.7. The van der Waals surface area contributed by atoms with Crippen LogP contribution in [0.15, 0.2) is 47.5 Å². The molecule has 0 fully saturated rings. The van der Waals surface area contributed by atoms with E-state index in [0.717, 1.165) is 13.0 Å². The molecule has 4 nitrogen and oxygen atoms in total. The molecule has 102 valence electrons. The van der Waals surface area contributed by atoms with Crippen molar-refractivity contribution in [2.45, 2.75) is 32.5 Å². The van der Waals surface area contributed by atoms with Crippen molar-refractivity contribution >= 4 is 0 Å². The van der Waals surface area contributed by atoms with Gasteiger partial charge in [0.1, 0.15) is 0 Å². The van der Waals surface area contributed by atoms with Crippen LogP contribution in [-0.4, -0.2) is 16.2 Å². The average molecular weight is 259 g/mol. The maximum atomic E-state index is 12.1. The molecular weight excluding hydrogens is 238 g/mol. The van der Waals surface area contributed by atoms with Crippen molar-refractivity contribution < 1.29 is 0 Å². The van der Waals surface area contributed by atoms with Crippen LogP contribution in [0.5, 0.6) is 0 Å². The summed E-state index contributed by atoms with van der Waals surface area (Å²) in [5.41, 5.74) is 1.26. The molecular formula is C15H21N3O. The van der Waals surface area contributed by atoms with E-state index in [0.29, 0.717) is 6.54 Å². The molecule has 1 atom stereocenters. The van der Waals surface area contributed by atoms with Crippen LogP contribution in [0.25, 0.3) is 0 Å². The zero-order valence-electron chi connectivity index (χ0n) is 11.5. The van der Waals surface area contributed by atoms with E-state index < -0.39 is 0 Å². The summed E-state index contributed by atoms with van der Waals surface area (Å²) in [4.78, 5) is 12.1. The van der Waals surface area contributed by atoms with Crippen LogP contribution in [0.1, 0.15) is 24.9 Å². The number of hydrogen-bond acceptors (Lipinski definition) is 2. The highest BCUT2D eigenvalue weighted by Gasteiger charge is 2.11. The molecule has 1 N–H and O–H groups in total. The third kappa shape index (κ3) is 3.15. The topological polar surface area (TPSA) is 39.0 Å². The van der Waals surface area contributed by atoms with E-state index in [2.05, 4.69) is 24.4 Å². The van der Waals surface area contributed by atoms with Gasteiger partial charge in [-0.3, -0.25) is 9.13 Å². The number of hydrogen-bond donors (Lipinski definition) is 1. The van der Waals surface area contributed by atoms with Crippen LogP contribution in [0.4, 0.5) is 0 Å². The highest BCUT2D eigenvalue weighted by molar-refractivity contribution is 5.18. The predicted molar refractivity (Wildman–Crippen MR) is 77.2 cm³/mol. The molecule has 0 saturated heterocycles. The fraction of sp³-hybridized carbons (Fsp3) is 0.400. The summed E-state index contributed by atoms with van der Waals surface area (Å²) in [5, 5.41) is 3.27. The number of likely N-dealkylation sites (N-methyl/N-ethyl adjacent to an activating group) is 1. The van der Waals surface area contributed by atoms with Crippen LogP contribution in [0, 0.1) is 0 Å². The first-order valence-electron chi connectivity index (χ1n) is 6.74. The first-order valence-corrected chi connectivity index (χ1v) is 6.74. The van der Waals surface area contributed by atoms with Crippen LogP contribution >= 0.6 is 0 Å². The maximum Gasteiger partial charge on any atom is 0.328 e. The van der Waals surface area contributed by atoms with Gasteiger partial charge < -0.3 is 5.32 Å². The molecule has 1 heterocycles. The van der Waals surface area contributed by atoms with Crippen LogP contribution < -0.4 is 11.0 Å². The molecule has 2 aromatic rings. The lowest BCUT2D eigenvalue weighted by atomic mass is 10.1. The summed E-state index contributed by atoms with van der Waals surface area (Å²) in [6, 6.07) is 10.3. The second-order valence-corrected chi connectivity index (χ2v) is 4.68. The minimum atomic E-state index is 0.0676. The monoisotopic (exact) mass is 259 g/mol. The Morgan fingerprint density at radius 2 is 1.84 bits per heavy atom.